The minimum atomic E-state index is -3.68. The zero-order chi connectivity index (χ0) is 11.4. The van der Waals surface area contributed by atoms with Crippen molar-refractivity contribution in [2.24, 2.45) is 5.50 Å². The molecule has 0 aliphatic carbocycles. The Labute approximate surface area is 83.3 Å². The number of hydrogen-bond donors (Lipinski definition) is 1. The van der Waals surface area contributed by atoms with E-state index in [-0.39, 0.29) is 6.61 Å². The average Bonchev–Trinajstić information content (AvgIpc) is 2.00. The highest BCUT2D eigenvalue weighted by Crippen LogP contribution is 2.43. The largest absolute Gasteiger partial charge is 0.467 e. The van der Waals surface area contributed by atoms with Crippen LogP contribution in [-0.2, 0) is 23.1 Å². The van der Waals surface area contributed by atoms with Crippen molar-refractivity contribution in [1.82, 2.24) is 0 Å². The van der Waals surface area contributed by atoms with Gasteiger partial charge in [0, 0.05) is 0 Å². The summed E-state index contributed by atoms with van der Waals surface area (Å²) in [6.07, 6.45) is 0. The molecule has 0 aromatic carbocycles. The second-order valence-corrected chi connectivity index (χ2v) is 4.57. The molecule has 1 unspecified atom stereocenters. The van der Waals surface area contributed by atoms with Crippen molar-refractivity contribution in [3.63, 3.8) is 0 Å². The molecule has 0 amide bonds. The first-order valence-corrected chi connectivity index (χ1v) is 5.68. The van der Waals surface area contributed by atoms with E-state index in [0.29, 0.717) is 0 Å². The SMILES string of the molecule is CCOP(N)(=O)OC(C)(C)C(=O)OC. The third-order valence-corrected chi connectivity index (χ3v) is 2.67. The Morgan fingerprint density at radius 1 is 1.50 bits per heavy atom. The fourth-order valence-electron chi connectivity index (χ4n) is 0.807. The van der Waals surface area contributed by atoms with Gasteiger partial charge in [-0.15, -0.1) is 0 Å². The van der Waals surface area contributed by atoms with Crippen LogP contribution >= 0.6 is 7.75 Å². The quantitative estimate of drug-likeness (QED) is 0.556. The van der Waals surface area contributed by atoms with Crippen LogP contribution in [0.3, 0.4) is 0 Å². The van der Waals surface area contributed by atoms with Gasteiger partial charge in [-0.1, -0.05) is 0 Å². The molecule has 0 heterocycles. The van der Waals surface area contributed by atoms with Gasteiger partial charge in [-0.05, 0) is 20.8 Å². The van der Waals surface area contributed by atoms with E-state index >= 15 is 0 Å². The summed E-state index contributed by atoms with van der Waals surface area (Å²) in [4.78, 5) is 11.1. The Kier molecular flexibility index (Phi) is 4.74. The lowest BCUT2D eigenvalue weighted by Crippen LogP contribution is -2.36. The van der Waals surface area contributed by atoms with E-state index in [1.165, 1.54) is 21.0 Å². The molecule has 14 heavy (non-hydrogen) atoms. The minimum Gasteiger partial charge on any atom is -0.467 e. The molecule has 0 saturated heterocycles. The summed E-state index contributed by atoms with van der Waals surface area (Å²) in [5.74, 6) is -0.664. The minimum absolute atomic E-state index is 0.144. The Bertz CT molecular complexity index is 252. The first-order valence-electron chi connectivity index (χ1n) is 4.07. The predicted octanol–water partition coefficient (Wildman–Crippen LogP) is 1.06. The van der Waals surface area contributed by atoms with Gasteiger partial charge in [-0.25, -0.2) is 14.9 Å². The molecule has 0 aromatic heterocycles. The van der Waals surface area contributed by atoms with Crippen molar-refractivity contribution in [1.29, 1.82) is 0 Å². The van der Waals surface area contributed by atoms with Gasteiger partial charge in [-0.3, -0.25) is 9.05 Å². The molecular weight excluding hydrogens is 209 g/mol. The molecule has 0 spiro atoms. The molecular formula is C7H16NO5P. The van der Waals surface area contributed by atoms with Crippen LogP contribution in [-0.4, -0.2) is 25.3 Å². The van der Waals surface area contributed by atoms with Crippen LogP contribution in [0, 0.1) is 0 Å². The maximum Gasteiger partial charge on any atom is 0.403 e. The molecule has 0 aliphatic heterocycles. The van der Waals surface area contributed by atoms with Crippen LogP contribution in [0.5, 0.6) is 0 Å². The Balaban J connectivity index is 4.49. The van der Waals surface area contributed by atoms with E-state index in [9.17, 15) is 9.36 Å². The summed E-state index contributed by atoms with van der Waals surface area (Å²) in [6.45, 7) is 4.56. The van der Waals surface area contributed by atoms with Crippen molar-refractivity contribution >= 4 is 13.7 Å². The summed E-state index contributed by atoms with van der Waals surface area (Å²) < 4.78 is 25.3. The van der Waals surface area contributed by atoms with E-state index in [2.05, 4.69) is 9.26 Å². The van der Waals surface area contributed by atoms with Crippen LogP contribution in [0.25, 0.3) is 0 Å². The van der Waals surface area contributed by atoms with Crippen molar-refractivity contribution in [2.45, 2.75) is 26.4 Å². The van der Waals surface area contributed by atoms with Gasteiger partial charge >= 0.3 is 13.7 Å². The predicted molar refractivity (Wildman–Crippen MR) is 50.6 cm³/mol. The molecule has 0 bridgehead atoms. The molecule has 0 fully saturated rings. The first kappa shape index (κ1) is 13.6. The van der Waals surface area contributed by atoms with Gasteiger partial charge in [0.25, 0.3) is 0 Å². The number of carbonyl (C=O) groups is 1. The van der Waals surface area contributed by atoms with Gasteiger partial charge in [0.2, 0.25) is 0 Å². The summed E-state index contributed by atoms with van der Waals surface area (Å²) >= 11 is 0. The highest BCUT2D eigenvalue weighted by Gasteiger charge is 2.37. The normalized spacial score (nSPS) is 16.1. The van der Waals surface area contributed by atoms with Gasteiger partial charge in [-0.2, -0.15) is 0 Å². The smallest absolute Gasteiger partial charge is 0.403 e. The molecule has 2 N–H and O–H groups in total. The lowest BCUT2D eigenvalue weighted by Gasteiger charge is -2.24. The average molecular weight is 225 g/mol. The zero-order valence-corrected chi connectivity index (χ0v) is 9.67. The fraction of sp³-hybridized carbons (Fsp3) is 0.857. The van der Waals surface area contributed by atoms with E-state index in [1.807, 2.05) is 0 Å². The van der Waals surface area contributed by atoms with Gasteiger partial charge < -0.3 is 4.74 Å². The molecule has 7 heteroatoms. The number of esters is 1. The number of ether oxygens (including phenoxy) is 1. The fourth-order valence-corrected chi connectivity index (χ4v) is 1.93. The summed E-state index contributed by atoms with van der Waals surface area (Å²) in [6, 6.07) is 0. The van der Waals surface area contributed by atoms with Crippen LogP contribution < -0.4 is 5.50 Å². The third kappa shape index (κ3) is 4.19. The molecule has 0 aromatic rings. The topological polar surface area (TPSA) is 87.9 Å². The summed E-state index contributed by atoms with van der Waals surface area (Å²) in [5, 5.41) is 0. The molecule has 84 valence electrons. The summed E-state index contributed by atoms with van der Waals surface area (Å²) in [7, 11) is -2.48. The highest BCUT2D eigenvalue weighted by atomic mass is 31.2. The number of hydrogen-bond acceptors (Lipinski definition) is 5. The lowest BCUT2D eigenvalue weighted by molar-refractivity contribution is -0.156. The lowest BCUT2D eigenvalue weighted by atomic mass is 10.1. The van der Waals surface area contributed by atoms with Crippen molar-refractivity contribution in [3.05, 3.63) is 0 Å². The van der Waals surface area contributed by atoms with Crippen molar-refractivity contribution in [3.8, 4) is 0 Å². The standard InChI is InChI=1S/C7H16NO5P/c1-5-12-14(8,10)13-7(2,3)6(9)11-4/h5H2,1-4H3,(H2,8,10). The molecule has 6 nitrogen and oxygen atoms in total. The maximum absolute atomic E-state index is 11.4. The number of nitrogens with two attached hydrogens (primary N) is 1. The second kappa shape index (κ2) is 4.89. The molecule has 0 aliphatic rings. The summed E-state index contributed by atoms with van der Waals surface area (Å²) in [5.41, 5.74) is 3.83. The Hall–Kier alpha value is -0.420. The zero-order valence-electron chi connectivity index (χ0n) is 8.77. The number of methoxy groups -OCH3 is 1. The maximum atomic E-state index is 11.4. The van der Waals surface area contributed by atoms with Gasteiger partial charge in [0.15, 0.2) is 5.60 Å². The monoisotopic (exact) mass is 225 g/mol. The van der Waals surface area contributed by atoms with E-state index in [0.717, 1.165) is 0 Å². The molecule has 0 saturated carbocycles. The van der Waals surface area contributed by atoms with Crippen LogP contribution in [0.2, 0.25) is 0 Å². The third-order valence-electron chi connectivity index (χ3n) is 1.34. The van der Waals surface area contributed by atoms with Crippen molar-refractivity contribution < 1.29 is 23.1 Å². The Morgan fingerprint density at radius 3 is 2.36 bits per heavy atom. The van der Waals surface area contributed by atoms with Gasteiger partial charge in [0.1, 0.15) is 0 Å². The number of rotatable bonds is 5. The van der Waals surface area contributed by atoms with Crippen molar-refractivity contribution in [2.75, 3.05) is 13.7 Å². The highest BCUT2D eigenvalue weighted by molar-refractivity contribution is 7.51. The molecule has 0 radical (unpaired) electrons. The van der Waals surface area contributed by atoms with Gasteiger partial charge in [0.05, 0.1) is 13.7 Å². The molecule has 1 atom stereocenters. The number of carbonyl (C=O) groups excluding carboxylic acids is 1. The molecule has 0 rings (SSSR count). The van der Waals surface area contributed by atoms with E-state index in [1.54, 1.807) is 6.92 Å². The van der Waals surface area contributed by atoms with E-state index < -0.39 is 19.3 Å². The van der Waals surface area contributed by atoms with E-state index in [4.69, 9.17) is 10.0 Å². The Morgan fingerprint density at radius 2 is 2.00 bits per heavy atom. The second-order valence-electron chi connectivity index (χ2n) is 3.05. The first-order chi connectivity index (χ1) is 6.25. The van der Waals surface area contributed by atoms with Crippen LogP contribution in [0.1, 0.15) is 20.8 Å². The van der Waals surface area contributed by atoms with Crippen LogP contribution in [0.4, 0.5) is 0 Å². The van der Waals surface area contributed by atoms with Crippen LogP contribution in [0.15, 0.2) is 0 Å².